The average Bonchev–Trinajstić information content (AvgIpc) is 2.53. The van der Waals surface area contributed by atoms with Crippen LogP contribution in [0.25, 0.3) is 0 Å². The Morgan fingerprint density at radius 3 is 2.23 bits per heavy atom. The summed E-state index contributed by atoms with van der Waals surface area (Å²) in [5, 5.41) is 5.15. The van der Waals surface area contributed by atoms with Crippen molar-refractivity contribution in [3.05, 3.63) is 53.6 Å². The highest BCUT2D eigenvalue weighted by atomic mass is 32.2. The summed E-state index contributed by atoms with van der Waals surface area (Å²) in [6.45, 7) is 1.41. The number of aryl methyl sites for hydroxylation is 1. The monoisotopic (exact) mass is 383 g/mol. The van der Waals surface area contributed by atoms with E-state index < -0.39 is 27.6 Å². The lowest BCUT2D eigenvalue weighted by atomic mass is 10.2. The number of hydrogen-bond acceptors (Lipinski definition) is 4. The first kappa shape index (κ1) is 19.8. The molecule has 0 radical (unpaired) electrons. The molecule has 0 aromatic heterocycles. The maximum absolute atomic E-state index is 13.1. The second kappa shape index (κ2) is 7.79. The van der Waals surface area contributed by atoms with Gasteiger partial charge in [0.2, 0.25) is 15.9 Å². The zero-order valence-corrected chi connectivity index (χ0v) is 15.3. The Hall–Kier alpha value is -2.52. The van der Waals surface area contributed by atoms with Crippen molar-refractivity contribution in [2.45, 2.75) is 11.8 Å². The SMILES string of the molecule is Cc1ccc(NC(=O)CNc2cc(F)cc(F)c2)cc1S(=O)(=O)N(C)C. The van der Waals surface area contributed by atoms with Crippen LogP contribution < -0.4 is 10.6 Å². The number of nitrogens with zero attached hydrogens (tertiary/aromatic N) is 1. The van der Waals surface area contributed by atoms with Crippen LogP contribution >= 0.6 is 0 Å². The molecule has 0 aliphatic heterocycles. The number of hydrogen-bond donors (Lipinski definition) is 2. The van der Waals surface area contributed by atoms with Gasteiger partial charge >= 0.3 is 0 Å². The van der Waals surface area contributed by atoms with E-state index in [1.165, 1.54) is 20.2 Å². The molecule has 0 aliphatic carbocycles. The molecule has 0 aliphatic rings. The molecule has 2 N–H and O–H groups in total. The molecule has 140 valence electrons. The van der Waals surface area contributed by atoms with E-state index in [0.717, 1.165) is 22.5 Å². The molecular formula is C17H19F2N3O3S. The van der Waals surface area contributed by atoms with Gasteiger partial charge in [0.1, 0.15) is 11.6 Å². The Labute approximate surface area is 150 Å². The maximum Gasteiger partial charge on any atom is 0.243 e. The van der Waals surface area contributed by atoms with Crippen LogP contribution in [0.15, 0.2) is 41.3 Å². The standard InChI is InChI=1S/C17H19F2N3O3S/c1-11-4-5-14(9-16(11)26(24,25)22(2)3)21-17(23)10-20-15-7-12(18)6-13(19)8-15/h4-9,20H,10H2,1-3H3,(H,21,23). The zero-order valence-electron chi connectivity index (χ0n) is 14.5. The van der Waals surface area contributed by atoms with Gasteiger partial charge in [-0.05, 0) is 36.8 Å². The number of rotatable bonds is 6. The van der Waals surface area contributed by atoms with Crippen LogP contribution in [0.1, 0.15) is 5.56 Å². The van der Waals surface area contributed by atoms with Gasteiger partial charge in [-0.15, -0.1) is 0 Å². The Bertz CT molecular complexity index is 911. The molecule has 2 aromatic rings. The van der Waals surface area contributed by atoms with Gasteiger partial charge in [0.25, 0.3) is 0 Å². The van der Waals surface area contributed by atoms with Crippen LogP contribution in [0, 0.1) is 18.6 Å². The van der Waals surface area contributed by atoms with Crippen LogP contribution in [-0.4, -0.2) is 39.3 Å². The highest BCUT2D eigenvalue weighted by molar-refractivity contribution is 7.89. The minimum Gasteiger partial charge on any atom is -0.376 e. The summed E-state index contributed by atoms with van der Waals surface area (Å²) in [7, 11) is -0.810. The fourth-order valence-corrected chi connectivity index (χ4v) is 3.34. The summed E-state index contributed by atoms with van der Waals surface area (Å²) in [6.07, 6.45) is 0. The van der Waals surface area contributed by atoms with E-state index in [9.17, 15) is 22.0 Å². The van der Waals surface area contributed by atoms with Crippen molar-refractivity contribution in [1.29, 1.82) is 0 Å². The fraction of sp³-hybridized carbons (Fsp3) is 0.235. The van der Waals surface area contributed by atoms with E-state index in [0.29, 0.717) is 11.3 Å². The van der Waals surface area contributed by atoms with Crippen molar-refractivity contribution in [3.63, 3.8) is 0 Å². The lowest BCUT2D eigenvalue weighted by Gasteiger charge is -2.15. The topological polar surface area (TPSA) is 78.5 Å². The number of halogens is 2. The fourth-order valence-electron chi connectivity index (χ4n) is 2.20. The second-order valence-corrected chi connectivity index (χ2v) is 7.95. The quantitative estimate of drug-likeness (QED) is 0.804. The van der Waals surface area contributed by atoms with Crippen molar-refractivity contribution in [1.82, 2.24) is 4.31 Å². The van der Waals surface area contributed by atoms with Crippen LogP contribution in [-0.2, 0) is 14.8 Å². The van der Waals surface area contributed by atoms with Crippen molar-refractivity contribution in [3.8, 4) is 0 Å². The molecule has 0 unspecified atom stereocenters. The average molecular weight is 383 g/mol. The molecule has 0 bridgehead atoms. The zero-order chi connectivity index (χ0) is 19.5. The first-order chi connectivity index (χ1) is 12.1. The molecular weight excluding hydrogens is 364 g/mol. The number of sulfonamides is 1. The molecule has 0 spiro atoms. The predicted octanol–water partition coefficient (Wildman–Crippen LogP) is 2.57. The van der Waals surface area contributed by atoms with Gasteiger partial charge in [-0.1, -0.05) is 6.07 Å². The molecule has 0 saturated carbocycles. The molecule has 2 aromatic carbocycles. The van der Waals surface area contributed by atoms with Gasteiger partial charge in [-0.25, -0.2) is 21.5 Å². The Balaban J connectivity index is 2.10. The minimum atomic E-state index is -3.65. The molecule has 0 heterocycles. The van der Waals surface area contributed by atoms with Crippen molar-refractivity contribution in [2.24, 2.45) is 0 Å². The van der Waals surface area contributed by atoms with E-state index in [-0.39, 0.29) is 17.1 Å². The molecule has 9 heteroatoms. The highest BCUT2D eigenvalue weighted by Gasteiger charge is 2.20. The number of nitrogens with one attached hydrogen (secondary N) is 2. The molecule has 26 heavy (non-hydrogen) atoms. The van der Waals surface area contributed by atoms with E-state index in [2.05, 4.69) is 10.6 Å². The van der Waals surface area contributed by atoms with Gasteiger partial charge in [-0.3, -0.25) is 4.79 Å². The second-order valence-electron chi connectivity index (χ2n) is 5.83. The van der Waals surface area contributed by atoms with Crippen LogP contribution in [0.3, 0.4) is 0 Å². The number of amides is 1. The summed E-state index contributed by atoms with van der Waals surface area (Å²) < 4.78 is 51.9. The summed E-state index contributed by atoms with van der Waals surface area (Å²) in [5.74, 6) is -2.01. The van der Waals surface area contributed by atoms with E-state index in [1.54, 1.807) is 19.1 Å². The molecule has 2 rings (SSSR count). The van der Waals surface area contributed by atoms with Crippen molar-refractivity contribution < 1.29 is 22.0 Å². The van der Waals surface area contributed by atoms with Gasteiger partial charge in [0.15, 0.2) is 0 Å². The Kier molecular flexibility index (Phi) is 5.94. The number of carbonyl (C=O) groups is 1. The number of benzene rings is 2. The third-order valence-electron chi connectivity index (χ3n) is 3.55. The number of anilines is 2. The summed E-state index contributed by atoms with van der Waals surface area (Å²) in [5.41, 5.74) is 0.968. The van der Waals surface area contributed by atoms with Crippen LogP contribution in [0.5, 0.6) is 0 Å². The summed E-state index contributed by atoms with van der Waals surface area (Å²) >= 11 is 0. The molecule has 1 amide bonds. The molecule has 0 saturated heterocycles. The Morgan fingerprint density at radius 1 is 1.04 bits per heavy atom. The molecule has 0 atom stereocenters. The third kappa shape index (κ3) is 4.77. The van der Waals surface area contributed by atoms with Gasteiger partial charge < -0.3 is 10.6 Å². The highest BCUT2D eigenvalue weighted by Crippen LogP contribution is 2.22. The summed E-state index contributed by atoms with van der Waals surface area (Å²) in [6, 6.07) is 7.37. The minimum absolute atomic E-state index is 0.0838. The lowest BCUT2D eigenvalue weighted by Crippen LogP contribution is -2.24. The Morgan fingerprint density at radius 2 is 1.65 bits per heavy atom. The van der Waals surface area contributed by atoms with Crippen LogP contribution in [0.2, 0.25) is 0 Å². The largest absolute Gasteiger partial charge is 0.376 e. The van der Waals surface area contributed by atoms with Crippen molar-refractivity contribution >= 4 is 27.3 Å². The smallest absolute Gasteiger partial charge is 0.243 e. The summed E-state index contributed by atoms with van der Waals surface area (Å²) in [4.78, 5) is 12.1. The first-order valence-corrected chi connectivity index (χ1v) is 9.06. The van der Waals surface area contributed by atoms with Crippen LogP contribution in [0.4, 0.5) is 20.2 Å². The van der Waals surface area contributed by atoms with Gasteiger partial charge in [0, 0.05) is 31.5 Å². The normalized spacial score (nSPS) is 11.5. The number of carbonyl (C=O) groups excluding carboxylic acids is 1. The maximum atomic E-state index is 13.1. The van der Waals surface area contributed by atoms with E-state index >= 15 is 0 Å². The van der Waals surface area contributed by atoms with E-state index in [4.69, 9.17) is 0 Å². The molecule has 0 fully saturated rings. The van der Waals surface area contributed by atoms with E-state index in [1.807, 2.05) is 0 Å². The lowest BCUT2D eigenvalue weighted by molar-refractivity contribution is -0.114. The van der Waals surface area contributed by atoms with Crippen molar-refractivity contribution in [2.75, 3.05) is 31.3 Å². The third-order valence-corrected chi connectivity index (χ3v) is 5.50. The predicted molar refractivity (Wildman–Crippen MR) is 95.5 cm³/mol. The first-order valence-electron chi connectivity index (χ1n) is 7.62. The van der Waals surface area contributed by atoms with Gasteiger partial charge in [0.05, 0.1) is 11.4 Å². The molecule has 6 nitrogen and oxygen atoms in total. The van der Waals surface area contributed by atoms with Gasteiger partial charge in [-0.2, -0.15) is 0 Å².